The van der Waals surface area contributed by atoms with E-state index in [0.29, 0.717) is 19.6 Å². The summed E-state index contributed by atoms with van der Waals surface area (Å²) < 4.78 is 16.9. The van der Waals surface area contributed by atoms with Crippen LogP contribution < -0.4 is 4.74 Å². The molecule has 0 heterocycles. The maximum absolute atomic E-state index is 12.1. The molecule has 0 radical (unpaired) electrons. The largest absolute Gasteiger partial charge is 0.493 e. The van der Waals surface area contributed by atoms with Crippen molar-refractivity contribution >= 4 is 18.0 Å². The molecule has 2 aromatic rings. The van der Waals surface area contributed by atoms with Crippen molar-refractivity contribution in [3.05, 3.63) is 59.7 Å². The van der Waals surface area contributed by atoms with E-state index in [1.807, 2.05) is 27.7 Å². The number of hydrogen-bond acceptors (Lipinski definition) is 5. The normalized spacial score (nSPS) is 24.9. The number of hydrogen-bond donors (Lipinski definition) is 0. The van der Waals surface area contributed by atoms with Gasteiger partial charge in [0.15, 0.2) is 0 Å². The summed E-state index contributed by atoms with van der Waals surface area (Å²) in [5, 5.41) is 0. The van der Waals surface area contributed by atoms with Crippen molar-refractivity contribution < 1.29 is 23.8 Å². The van der Waals surface area contributed by atoms with Crippen molar-refractivity contribution in [2.75, 3.05) is 13.2 Å². The summed E-state index contributed by atoms with van der Waals surface area (Å²) in [6.07, 6.45) is 13.4. The zero-order valence-corrected chi connectivity index (χ0v) is 25.2. The lowest BCUT2D eigenvalue weighted by Gasteiger charge is -2.57. The second kappa shape index (κ2) is 12.4. The molecule has 4 fully saturated rings. The monoisotopic (exact) mass is 558 g/mol. The Balaban J connectivity index is 1.33. The lowest BCUT2D eigenvalue weighted by molar-refractivity contribution is -0.148. The summed E-state index contributed by atoms with van der Waals surface area (Å²) in [7, 11) is 0. The number of carbonyl (C=O) groups is 2. The molecule has 0 spiro atoms. The SMILES string of the molecule is CCOC(=O)CCCCOc1ccc(-c2ccc(C=CC(=O)OC(C)(C)C)cc2)cc1C12CC3CC(CC(C3)C1)C2. The Kier molecular flexibility index (Phi) is 8.91. The topological polar surface area (TPSA) is 61.8 Å². The van der Waals surface area contributed by atoms with E-state index in [0.717, 1.165) is 47.5 Å². The van der Waals surface area contributed by atoms with Crippen LogP contribution in [0.15, 0.2) is 48.5 Å². The minimum atomic E-state index is -0.502. The molecule has 4 aliphatic carbocycles. The first-order valence-corrected chi connectivity index (χ1v) is 15.6. The van der Waals surface area contributed by atoms with Gasteiger partial charge in [-0.2, -0.15) is 0 Å². The first-order chi connectivity index (χ1) is 19.6. The molecule has 0 aliphatic heterocycles. The summed E-state index contributed by atoms with van der Waals surface area (Å²) >= 11 is 0. The Morgan fingerprint density at radius 3 is 2.15 bits per heavy atom. The standard InChI is InChI=1S/C36H46O5/c1-5-39-33(37)8-6-7-17-40-32-15-14-30(21-31(32)36-22-26-18-27(23-36)20-28(19-26)24-36)29-12-9-25(10-13-29)11-16-34(38)41-35(2,3)4/h9-16,21,26-28H,5-8,17-20,22-24H2,1-4H3. The highest BCUT2D eigenvalue weighted by Gasteiger charge is 2.52. The van der Waals surface area contributed by atoms with E-state index in [4.69, 9.17) is 14.2 Å². The lowest BCUT2D eigenvalue weighted by Crippen LogP contribution is -2.48. The minimum absolute atomic E-state index is 0.127. The van der Waals surface area contributed by atoms with E-state index in [1.54, 1.807) is 6.08 Å². The van der Waals surface area contributed by atoms with Crippen LogP contribution in [0.2, 0.25) is 0 Å². The summed E-state index contributed by atoms with van der Waals surface area (Å²) in [4.78, 5) is 23.8. The van der Waals surface area contributed by atoms with Gasteiger partial charge in [-0.25, -0.2) is 4.79 Å². The van der Waals surface area contributed by atoms with Gasteiger partial charge in [0.2, 0.25) is 0 Å². The van der Waals surface area contributed by atoms with Gasteiger partial charge in [0.25, 0.3) is 0 Å². The highest BCUT2D eigenvalue weighted by molar-refractivity contribution is 5.87. The number of benzene rings is 2. The van der Waals surface area contributed by atoms with Crippen LogP contribution in [0, 0.1) is 17.8 Å². The summed E-state index contributed by atoms with van der Waals surface area (Å²) in [6.45, 7) is 8.49. The van der Waals surface area contributed by atoms with E-state index in [-0.39, 0.29) is 17.4 Å². The Morgan fingerprint density at radius 1 is 0.902 bits per heavy atom. The van der Waals surface area contributed by atoms with Crippen LogP contribution in [0.4, 0.5) is 0 Å². The van der Waals surface area contributed by atoms with Crippen LogP contribution in [0.25, 0.3) is 17.2 Å². The quantitative estimate of drug-likeness (QED) is 0.158. The highest BCUT2D eigenvalue weighted by Crippen LogP contribution is 2.62. The van der Waals surface area contributed by atoms with Crippen LogP contribution in [0.1, 0.15) is 96.6 Å². The second-order valence-corrected chi connectivity index (χ2v) is 13.5. The van der Waals surface area contributed by atoms with Crippen LogP contribution >= 0.6 is 0 Å². The van der Waals surface area contributed by atoms with Gasteiger partial charge >= 0.3 is 11.9 Å². The predicted molar refractivity (Wildman–Crippen MR) is 163 cm³/mol. The van der Waals surface area contributed by atoms with Crippen LogP contribution in [0.5, 0.6) is 5.75 Å². The van der Waals surface area contributed by atoms with Crippen molar-refractivity contribution in [3.8, 4) is 16.9 Å². The highest BCUT2D eigenvalue weighted by atomic mass is 16.6. The summed E-state index contributed by atoms with van der Waals surface area (Å²) in [5.41, 5.74) is 4.41. The summed E-state index contributed by atoms with van der Waals surface area (Å²) in [6, 6.07) is 15.1. The van der Waals surface area contributed by atoms with Crippen molar-refractivity contribution in [1.82, 2.24) is 0 Å². The fourth-order valence-electron chi connectivity index (χ4n) is 7.76. The maximum atomic E-state index is 12.1. The number of unbranched alkanes of at least 4 members (excludes halogenated alkanes) is 1. The van der Waals surface area contributed by atoms with Crippen molar-refractivity contribution in [2.24, 2.45) is 17.8 Å². The van der Waals surface area contributed by atoms with E-state index >= 15 is 0 Å². The average Bonchev–Trinajstić information content (AvgIpc) is 2.90. The molecule has 41 heavy (non-hydrogen) atoms. The molecule has 220 valence electrons. The van der Waals surface area contributed by atoms with Gasteiger partial charge in [-0.3, -0.25) is 4.79 Å². The molecule has 5 nitrogen and oxygen atoms in total. The van der Waals surface area contributed by atoms with Crippen LogP contribution in [-0.2, 0) is 24.5 Å². The fraction of sp³-hybridized carbons (Fsp3) is 0.556. The molecule has 0 atom stereocenters. The lowest BCUT2D eigenvalue weighted by atomic mass is 9.48. The van der Waals surface area contributed by atoms with Crippen molar-refractivity contribution in [2.45, 2.75) is 96.5 Å². The van der Waals surface area contributed by atoms with Crippen molar-refractivity contribution in [1.29, 1.82) is 0 Å². The van der Waals surface area contributed by atoms with Crippen LogP contribution in [0.3, 0.4) is 0 Å². The van der Waals surface area contributed by atoms with Gasteiger partial charge in [0.1, 0.15) is 11.4 Å². The third-order valence-corrected chi connectivity index (χ3v) is 8.99. The second-order valence-electron chi connectivity index (χ2n) is 13.5. The predicted octanol–water partition coefficient (Wildman–Crippen LogP) is 8.29. The molecule has 4 bridgehead atoms. The fourth-order valence-corrected chi connectivity index (χ4v) is 7.76. The molecular formula is C36H46O5. The molecule has 5 heteroatoms. The zero-order chi connectivity index (χ0) is 29.0. The molecule has 4 saturated carbocycles. The maximum Gasteiger partial charge on any atom is 0.331 e. The van der Waals surface area contributed by atoms with Gasteiger partial charge in [0.05, 0.1) is 13.2 Å². The third kappa shape index (κ3) is 7.42. The Morgan fingerprint density at radius 2 is 1.54 bits per heavy atom. The molecule has 2 aromatic carbocycles. The molecule has 0 saturated heterocycles. The van der Waals surface area contributed by atoms with Gasteiger partial charge in [-0.05, 0) is 137 Å². The summed E-state index contributed by atoms with van der Waals surface area (Å²) in [5.74, 6) is 3.09. The van der Waals surface area contributed by atoms with Gasteiger partial charge in [0, 0.05) is 18.1 Å². The first-order valence-electron chi connectivity index (χ1n) is 15.6. The van der Waals surface area contributed by atoms with E-state index in [2.05, 4.69) is 42.5 Å². The van der Waals surface area contributed by atoms with E-state index in [9.17, 15) is 9.59 Å². The minimum Gasteiger partial charge on any atom is -0.493 e. The number of esters is 2. The molecular weight excluding hydrogens is 512 g/mol. The Hall–Kier alpha value is -3.08. The molecule has 0 amide bonds. The number of ether oxygens (including phenoxy) is 3. The van der Waals surface area contributed by atoms with E-state index < -0.39 is 5.60 Å². The smallest absolute Gasteiger partial charge is 0.331 e. The third-order valence-electron chi connectivity index (χ3n) is 8.99. The average molecular weight is 559 g/mol. The van der Waals surface area contributed by atoms with Gasteiger partial charge < -0.3 is 14.2 Å². The molecule has 6 rings (SSSR count). The molecule has 0 unspecified atom stereocenters. The molecule has 4 aliphatic rings. The van der Waals surface area contributed by atoms with Crippen LogP contribution in [-0.4, -0.2) is 30.8 Å². The van der Waals surface area contributed by atoms with E-state index in [1.165, 1.54) is 55.7 Å². The number of carbonyl (C=O) groups excluding carboxylic acids is 2. The van der Waals surface area contributed by atoms with Crippen molar-refractivity contribution in [3.63, 3.8) is 0 Å². The molecule has 0 N–H and O–H groups in total. The zero-order valence-electron chi connectivity index (χ0n) is 25.2. The molecule has 0 aromatic heterocycles. The first kappa shape index (κ1) is 29.4. The Labute approximate surface area is 245 Å². The number of rotatable bonds is 11. The van der Waals surface area contributed by atoms with Gasteiger partial charge in [-0.15, -0.1) is 0 Å². The van der Waals surface area contributed by atoms with Gasteiger partial charge in [-0.1, -0.05) is 30.3 Å². The Bertz CT molecular complexity index is 1210.